The van der Waals surface area contributed by atoms with Crippen molar-refractivity contribution in [3.05, 3.63) is 154 Å². The van der Waals surface area contributed by atoms with Crippen LogP contribution in [-0.2, 0) is 32.0 Å². The first kappa shape index (κ1) is 40.2. The third-order valence-electron chi connectivity index (χ3n) is 8.91. The molecule has 1 amide bonds. The number of carbonyl (C=O) groups is 2. The zero-order valence-corrected chi connectivity index (χ0v) is 34.0. The Morgan fingerprint density at radius 3 is 1.72 bits per heavy atom. The molecule has 0 bridgehead atoms. The molecule has 0 saturated heterocycles. The average Bonchev–Trinajstić information content (AvgIpc) is 3.88. The van der Waals surface area contributed by atoms with Crippen LogP contribution in [0.3, 0.4) is 0 Å². The minimum absolute atomic E-state index is 0.0146. The molecule has 7 aromatic rings. The van der Waals surface area contributed by atoms with Crippen LogP contribution in [0.25, 0.3) is 33.2 Å². The van der Waals surface area contributed by atoms with E-state index in [2.05, 4.69) is 36.4 Å². The molecule has 13 heteroatoms. The third-order valence-corrected chi connectivity index (χ3v) is 8.91. The van der Waals surface area contributed by atoms with E-state index >= 15 is 0 Å². The highest BCUT2D eigenvalue weighted by Crippen LogP contribution is 2.31. The van der Waals surface area contributed by atoms with Crippen molar-refractivity contribution in [3.8, 4) is 28.0 Å². The van der Waals surface area contributed by atoms with Crippen LogP contribution >= 0.6 is 0 Å². The van der Waals surface area contributed by atoms with Gasteiger partial charge >= 0.3 is 0 Å². The van der Waals surface area contributed by atoms with Gasteiger partial charge in [-0.25, -0.2) is 8.78 Å². The number of para-hydroxylation sites is 2. The van der Waals surface area contributed by atoms with E-state index in [-0.39, 0.29) is 30.2 Å². The van der Waals surface area contributed by atoms with Crippen LogP contribution < -0.4 is 15.2 Å². The number of aromatic nitrogens is 5. The molecule has 57 heavy (non-hydrogen) atoms. The Balaban J connectivity index is 0.000000173. The van der Waals surface area contributed by atoms with Gasteiger partial charge in [-0.3, -0.25) is 23.7 Å². The number of rotatable bonds is 7. The van der Waals surface area contributed by atoms with Crippen LogP contribution in [0.2, 0.25) is 26.2 Å². The normalized spacial score (nSPS) is 12.2. The first-order valence-corrected chi connectivity index (χ1v) is 22.3. The highest BCUT2D eigenvalue weighted by atomic mass is 28.3. The molecule has 4 aromatic carbocycles. The number of nitrogens with zero attached hydrogens (tertiary/aromatic N) is 6. The molecule has 0 saturated carbocycles. The van der Waals surface area contributed by atoms with Crippen LogP contribution in [0.15, 0.2) is 121 Å². The number of hydrogen-bond donors (Lipinski definition) is 0. The predicted molar refractivity (Wildman–Crippen MR) is 222 cm³/mol. The van der Waals surface area contributed by atoms with Gasteiger partial charge < -0.3 is 14.2 Å². The second-order valence-corrected chi connectivity index (χ2v) is 21.3. The molecule has 0 N–H and O–H groups in total. The fourth-order valence-electron chi connectivity index (χ4n) is 6.20. The molecule has 10 nitrogen and oxygen atoms in total. The summed E-state index contributed by atoms with van der Waals surface area (Å²) in [6.45, 7) is 9.44. The van der Waals surface area contributed by atoms with Crippen molar-refractivity contribution >= 4 is 36.4 Å². The second-order valence-electron chi connectivity index (χ2n) is 15.3. The summed E-state index contributed by atoms with van der Waals surface area (Å²) in [6, 6.07) is 25.8. The average molecular weight is 787 g/mol. The van der Waals surface area contributed by atoms with Gasteiger partial charge in [0, 0.05) is 62.2 Å². The van der Waals surface area contributed by atoms with Crippen molar-refractivity contribution in [2.75, 3.05) is 12.0 Å². The fourth-order valence-corrected chi connectivity index (χ4v) is 6.20. The summed E-state index contributed by atoms with van der Waals surface area (Å²) in [7, 11) is 4.45. The van der Waals surface area contributed by atoms with Gasteiger partial charge in [0.2, 0.25) is 0 Å². The number of pyridine rings is 1. The van der Waals surface area contributed by atoms with E-state index in [4.69, 9.17) is 4.74 Å². The lowest BCUT2D eigenvalue weighted by Gasteiger charge is -2.17. The Morgan fingerprint density at radius 1 is 0.667 bits per heavy atom. The van der Waals surface area contributed by atoms with Crippen LogP contribution in [0.1, 0.15) is 21.5 Å². The monoisotopic (exact) mass is 786 g/mol. The van der Waals surface area contributed by atoms with E-state index in [0.717, 1.165) is 27.6 Å². The molecular formula is C44H44F2N6O4Si. The highest BCUT2D eigenvalue weighted by Gasteiger charge is 2.35. The standard InChI is InChI=1S/C21H18FN3O2.C19H14FN3O2.C4H12Si/c1-24-12-17(11-23-24)14-7-8-16(18(22)9-14)13-25-19-6-4-3-5-15(19)10-20(27-2)21(25)26;1-22-10-14(9-21-22)12-6-7-13(16(20)8-12)11-23-17-5-3-2-4-15(17)18(24)19(23)25;1-5(2,3)4/h3-12H,13H2,1-2H3;2-10H,11H2,1H3;1-4H3. The summed E-state index contributed by atoms with van der Waals surface area (Å²) in [6.07, 6.45) is 6.98. The topological polar surface area (TPSA) is 104 Å². The van der Waals surface area contributed by atoms with E-state index in [9.17, 15) is 23.2 Å². The summed E-state index contributed by atoms with van der Waals surface area (Å²) < 4.78 is 39.4. The van der Waals surface area contributed by atoms with Crippen molar-refractivity contribution in [2.24, 2.45) is 14.1 Å². The van der Waals surface area contributed by atoms with Crippen molar-refractivity contribution in [1.29, 1.82) is 0 Å². The van der Waals surface area contributed by atoms with E-state index in [1.807, 2.05) is 43.6 Å². The Bertz CT molecular complexity index is 2650. The summed E-state index contributed by atoms with van der Waals surface area (Å²) in [5.41, 5.74) is 5.22. The molecule has 4 heterocycles. The largest absolute Gasteiger partial charge is 0.491 e. The zero-order valence-electron chi connectivity index (χ0n) is 33.0. The van der Waals surface area contributed by atoms with Crippen LogP contribution in [-0.4, -0.2) is 51.0 Å². The number of methoxy groups -OCH3 is 1. The number of hydrogen-bond acceptors (Lipinski definition) is 6. The molecule has 0 unspecified atom stereocenters. The number of halogens is 2. The number of amides is 1. The van der Waals surface area contributed by atoms with Gasteiger partial charge in [0.15, 0.2) is 5.75 Å². The maximum atomic E-state index is 14.8. The van der Waals surface area contributed by atoms with Gasteiger partial charge in [-0.2, -0.15) is 10.2 Å². The maximum absolute atomic E-state index is 14.8. The van der Waals surface area contributed by atoms with E-state index in [1.165, 1.54) is 28.7 Å². The molecule has 0 spiro atoms. The number of ether oxygens (including phenoxy) is 1. The zero-order chi connectivity index (χ0) is 41.0. The minimum atomic E-state index is -0.628. The Morgan fingerprint density at radius 2 is 1.19 bits per heavy atom. The molecule has 1 aliphatic heterocycles. The van der Waals surface area contributed by atoms with E-state index in [1.54, 1.807) is 83.5 Å². The third kappa shape index (κ3) is 9.33. The van der Waals surface area contributed by atoms with Gasteiger partial charge in [-0.05, 0) is 47.5 Å². The Labute approximate surface area is 330 Å². The SMILES string of the molecule is COc1cc2ccccc2n(Cc2ccc(-c3cnn(C)c3)cc2F)c1=O.C[Si](C)(C)C.Cn1cc(-c2ccc(CN3C(=O)C(=O)c4ccccc43)c(F)c2)cn1. The summed E-state index contributed by atoms with van der Waals surface area (Å²) >= 11 is 0. The van der Waals surface area contributed by atoms with E-state index in [0.29, 0.717) is 27.9 Å². The van der Waals surface area contributed by atoms with Gasteiger partial charge in [0.1, 0.15) is 11.6 Å². The van der Waals surface area contributed by atoms with E-state index < -0.39 is 25.6 Å². The quantitative estimate of drug-likeness (QED) is 0.119. The van der Waals surface area contributed by atoms with Gasteiger partial charge in [-0.1, -0.05) is 80.8 Å². The predicted octanol–water partition coefficient (Wildman–Crippen LogP) is 8.51. The second kappa shape index (κ2) is 16.7. The van der Waals surface area contributed by atoms with Gasteiger partial charge in [0.05, 0.1) is 49.4 Å². The number of aryl methyl sites for hydroxylation is 2. The van der Waals surface area contributed by atoms with Crippen LogP contribution in [0, 0.1) is 11.6 Å². The molecule has 292 valence electrons. The first-order chi connectivity index (χ1) is 27.1. The Hall–Kier alpha value is -6.47. The highest BCUT2D eigenvalue weighted by molar-refractivity contribution is 6.74. The lowest BCUT2D eigenvalue weighted by Crippen LogP contribution is -2.29. The number of Topliss-reactive ketones (excluding diaryl/α,β-unsaturated/α-hetero) is 1. The smallest absolute Gasteiger partial charge is 0.299 e. The summed E-state index contributed by atoms with van der Waals surface area (Å²) in [4.78, 5) is 38.3. The molecule has 1 aliphatic rings. The number of fused-ring (bicyclic) bond motifs is 2. The van der Waals surface area contributed by atoms with Crippen LogP contribution in [0.5, 0.6) is 5.75 Å². The first-order valence-electron chi connectivity index (χ1n) is 18.3. The van der Waals surface area contributed by atoms with Crippen molar-refractivity contribution in [3.63, 3.8) is 0 Å². The fraction of sp³-hybridized carbons (Fsp3) is 0.205. The van der Waals surface area contributed by atoms with Crippen molar-refractivity contribution in [1.82, 2.24) is 24.1 Å². The number of anilines is 1. The number of ketones is 1. The number of carbonyl (C=O) groups excluding carboxylic acids is 2. The van der Waals surface area contributed by atoms with Gasteiger partial charge in [-0.15, -0.1) is 0 Å². The molecule has 0 radical (unpaired) electrons. The Kier molecular flexibility index (Phi) is 11.8. The summed E-state index contributed by atoms with van der Waals surface area (Å²) in [5.74, 6) is -1.73. The van der Waals surface area contributed by atoms with Crippen LogP contribution in [0.4, 0.5) is 14.5 Å². The maximum Gasteiger partial charge on any atom is 0.299 e. The summed E-state index contributed by atoms with van der Waals surface area (Å²) in [5, 5.41) is 9.05. The molecule has 0 aliphatic carbocycles. The molecule has 3 aromatic heterocycles. The lowest BCUT2D eigenvalue weighted by atomic mass is 10.1. The molecule has 8 rings (SSSR count). The molecular weight excluding hydrogens is 743 g/mol. The van der Waals surface area contributed by atoms with Crippen molar-refractivity contribution < 1.29 is 23.1 Å². The van der Waals surface area contributed by atoms with Gasteiger partial charge in [0.25, 0.3) is 17.2 Å². The number of benzene rings is 4. The minimum Gasteiger partial charge on any atom is -0.491 e. The molecule has 0 atom stereocenters. The lowest BCUT2D eigenvalue weighted by molar-refractivity contribution is -0.114. The molecule has 0 fully saturated rings. The van der Waals surface area contributed by atoms with Crippen molar-refractivity contribution in [2.45, 2.75) is 39.3 Å².